The number of rotatable bonds is 4. The zero-order chi connectivity index (χ0) is 12.1. The number of carbonyl (C=O) groups is 1. The van der Waals surface area contributed by atoms with Crippen molar-refractivity contribution in [3.8, 4) is 0 Å². The summed E-state index contributed by atoms with van der Waals surface area (Å²) in [4.78, 5) is 16.0. The van der Waals surface area contributed by atoms with Gasteiger partial charge in [-0.1, -0.05) is 37.0 Å². The van der Waals surface area contributed by atoms with Gasteiger partial charge in [0.05, 0.1) is 5.92 Å². The third kappa shape index (κ3) is 2.01. The first-order chi connectivity index (χ1) is 7.27. The fraction of sp³-hybridized carbons (Fsp3) is 0.700. The molecule has 2 aliphatic carbocycles. The van der Waals surface area contributed by atoms with Crippen molar-refractivity contribution in [1.82, 2.24) is 5.48 Å². The topological polar surface area (TPSA) is 58.6 Å². The molecular formula is C10H13Cl2NO3. The molecular weight excluding hydrogens is 253 g/mol. The molecule has 0 bridgehead atoms. The molecule has 2 saturated carbocycles. The van der Waals surface area contributed by atoms with E-state index in [1.54, 1.807) is 6.20 Å². The Kier molecular flexibility index (Phi) is 2.64. The van der Waals surface area contributed by atoms with Crippen LogP contribution in [0.2, 0.25) is 0 Å². The van der Waals surface area contributed by atoms with Crippen LogP contribution in [0.5, 0.6) is 0 Å². The number of hydrogen-bond acceptors (Lipinski definition) is 3. The average Bonchev–Trinajstić information content (AvgIpc) is 2.88. The van der Waals surface area contributed by atoms with Crippen molar-refractivity contribution in [2.45, 2.75) is 30.7 Å². The van der Waals surface area contributed by atoms with Gasteiger partial charge in [0.25, 0.3) is 0 Å². The summed E-state index contributed by atoms with van der Waals surface area (Å²) in [6.07, 6.45) is 1.94. The fourth-order valence-corrected chi connectivity index (χ4v) is 2.16. The Balaban J connectivity index is 1.84. The highest BCUT2D eigenvalue weighted by Gasteiger charge is 2.57. The molecule has 2 N–H and O–H groups in total. The first-order valence-corrected chi connectivity index (χ1v) is 5.75. The molecule has 0 amide bonds. The minimum Gasteiger partial charge on any atom is -0.481 e. The van der Waals surface area contributed by atoms with Gasteiger partial charge in [0.1, 0.15) is 10.4 Å². The van der Waals surface area contributed by atoms with Crippen LogP contribution in [0, 0.1) is 11.3 Å². The Hall–Kier alpha value is -0.450. The summed E-state index contributed by atoms with van der Waals surface area (Å²) < 4.78 is -0.795. The summed E-state index contributed by atoms with van der Waals surface area (Å²) in [5.41, 5.74) is 3.13. The molecule has 2 atom stereocenters. The third-order valence-corrected chi connectivity index (χ3v) is 3.93. The van der Waals surface area contributed by atoms with Crippen LogP contribution in [0.3, 0.4) is 0 Å². The number of aliphatic carboxylic acids is 1. The van der Waals surface area contributed by atoms with Crippen molar-refractivity contribution < 1.29 is 14.7 Å². The van der Waals surface area contributed by atoms with E-state index in [0.29, 0.717) is 6.42 Å². The van der Waals surface area contributed by atoms with Gasteiger partial charge in [-0.05, 0) is 5.57 Å². The lowest BCUT2D eigenvalue weighted by Crippen LogP contribution is -2.12. The van der Waals surface area contributed by atoms with Gasteiger partial charge >= 0.3 is 5.97 Å². The second-order valence-electron chi connectivity index (χ2n) is 4.78. The summed E-state index contributed by atoms with van der Waals surface area (Å²) in [5.74, 6) is -1.24. The molecule has 0 saturated heterocycles. The van der Waals surface area contributed by atoms with Crippen molar-refractivity contribution in [1.29, 1.82) is 0 Å². The third-order valence-electron chi connectivity index (χ3n) is 3.13. The number of alkyl halides is 2. The molecule has 0 aliphatic heterocycles. The van der Waals surface area contributed by atoms with E-state index in [-0.39, 0.29) is 11.5 Å². The van der Waals surface area contributed by atoms with Crippen molar-refractivity contribution in [2.75, 3.05) is 0 Å². The average molecular weight is 266 g/mol. The van der Waals surface area contributed by atoms with E-state index < -0.39 is 16.2 Å². The zero-order valence-corrected chi connectivity index (χ0v) is 10.5. The van der Waals surface area contributed by atoms with Crippen molar-refractivity contribution in [2.24, 2.45) is 11.3 Å². The predicted molar refractivity (Wildman–Crippen MR) is 60.1 cm³/mol. The molecule has 0 aromatic heterocycles. The maximum absolute atomic E-state index is 10.8. The van der Waals surface area contributed by atoms with Crippen LogP contribution in [-0.2, 0) is 9.63 Å². The molecule has 0 heterocycles. The number of hydrogen-bond donors (Lipinski definition) is 2. The van der Waals surface area contributed by atoms with Gasteiger partial charge < -0.3 is 5.11 Å². The van der Waals surface area contributed by atoms with Crippen LogP contribution in [0.25, 0.3) is 0 Å². The first kappa shape index (κ1) is 12.0. The van der Waals surface area contributed by atoms with Crippen LogP contribution in [0.1, 0.15) is 20.3 Å². The predicted octanol–water partition coefficient (Wildman–Crippen LogP) is 2.08. The fourth-order valence-electron chi connectivity index (χ4n) is 1.79. The van der Waals surface area contributed by atoms with E-state index in [9.17, 15) is 4.79 Å². The van der Waals surface area contributed by atoms with Gasteiger partial charge in [0.2, 0.25) is 0 Å². The smallest absolute Gasteiger partial charge is 0.311 e. The lowest BCUT2D eigenvalue weighted by atomic mass is 10.1. The number of halogens is 2. The standard InChI is InChI=1S/C10H13Cl2NO3/c1-9(2)5(7(9)8(14)15)4-13-16-6-3-10(6,11)12/h4,6-7,13H,3H2,1-2H3,(H,14,15)/t6?,7-/m0/s1. The van der Waals surface area contributed by atoms with Gasteiger partial charge in [0.15, 0.2) is 0 Å². The molecule has 2 aliphatic rings. The highest BCUT2D eigenvalue weighted by atomic mass is 35.5. The number of hydroxylamine groups is 1. The molecule has 6 heteroatoms. The number of carboxylic acids is 1. The number of nitrogens with one attached hydrogen (secondary N) is 1. The van der Waals surface area contributed by atoms with E-state index in [1.807, 2.05) is 13.8 Å². The molecule has 0 spiro atoms. The highest BCUT2D eigenvalue weighted by Crippen LogP contribution is 2.57. The molecule has 4 nitrogen and oxygen atoms in total. The number of carboxylic acid groups (broad SMARTS) is 1. The molecule has 0 aromatic rings. The zero-order valence-electron chi connectivity index (χ0n) is 8.96. The summed E-state index contributed by atoms with van der Waals surface area (Å²) in [7, 11) is 0. The Morgan fingerprint density at radius 1 is 1.62 bits per heavy atom. The van der Waals surface area contributed by atoms with E-state index in [2.05, 4.69) is 5.48 Å². The quantitative estimate of drug-likeness (QED) is 0.604. The van der Waals surface area contributed by atoms with Gasteiger partial charge in [-0.25, -0.2) is 0 Å². The molecule has 1 unspecified atom stereocenters. The minimum atomic E-state index is -0.812. The van der Waals surface area contributed by atoms with E-state index in [1.165, 1.54) is 0 Å². The largest absolute Gasteiger partial charge is 0.481 e. The molecule has 2 rings (SSSR count). The van der Waals surface area contributed by atoms with Gasteiger partial charge in [-0.2, -0.15) is 0 Å². The SMILES string of the molecule is CC1(C)C(=CNOC2CC2(Cl)Cl)[C@H]1C(=O)O. The molecule has 2 fully saturated rings. The van der Waals surface area contributed by atoms with Crippen molar-refractivity contribution in [3.05, 3.63) is 11.8 Å². The van der Waals surface area contributed by atoms with E-state index >= 15 is 0 Å². The van der Waals surface area contributed by atoms with Crippen LogP contribution in [-0.4, -0.2) is 21.5 Å². The second-order valence-corrected chi connectivity index (χ2v) is 6.32. The van der Waals surface area contributed by atoms with Gasteiger partial charge in [-0.3, -0.25) is 15.1 Å². The van der Waals surface area contributed by atoms with E-state index in [4.69, 9.17) is 33.1 Å². The lowest BCUT2D eigenvalue weighted by Gasteiger charge is -2.01. The van der Waals surface area contributed by atoms with Crippen LogP contribution < -0.4 is 5.48 Å². The highest BCUT2D eigenvalue weighted by molar-refractivity contribution is 6.51. The molecule has 0 aromatic carbocycles. The lowest BCUT2D eigenvalue weighted by molar-refractivity contribution is -0.139. The molecule has 90 valence electrons. The monoisotopic (exact) mass is 265 g/mol. The Bertz CT molecular complexity index is 365. The Morgan fingerprint density at radius 3 is 2.56 bits per heavy atom. The first-order valence-electron chi connectivity index (χ1n) is 4.99. The maximum Gasteiger partial charge on any atom is 0.311 e. The summed E-state index contributed by atoms with van der Waals surface area (Å²) in [6, 6.07) is 0. The summed E-state index contributed by atoms with van der Waals surface area (Å²) in [6.45, 7) is 3.76. The van der Waals surface area contributed by atoms with Crippen LogP contribution in [0.15, 0.2) is 11.8 Å². The normalized spacial score (nSPS) is 35.9. The van der Waals surface area contributed by atoms with Crippen LogP contribution >= 0.6 is 23.2 Å². The van der Waals surface area contributed by atoms with Crippen LogP contribution in [0.4, 0.5) is 0 Å². The minimum absolute atomic E-state index is 0.224. The second kappa shape index (κ2) is 3.52. The summed E-state index contributed by atoms with van der Waals surface area (Å²) >= 11 is 11.5. The summed E-state index contributed by atoms with van der Waals surface area (Å²) in [5, 5.41) is 8.91. The van der Waals surface area contributed by atoms with Gasteiger partial charge in [0, 0.05) is 18.0 Å². The Labute approximate surface area is 104 Å². The van der Waals surface area contributed by atoms with E-state index in [0.717, 1.165) is 5.57 Å². The van der Waals surface area contributed by atoms with Crippen molar-refractivity contribution in [3.63, 3.8) is 0 Å². The van der Waals surface area contributed by atoms with Gasteiger partial charge in [-0.15, -0.1) is 0 Å². The molecule has 16 heavy (non-hydrogen) atoms. The molecule has 0 radical (unpaired) electrons. The van der Waals surface area contributed by atoms with Crippen molar-refractivity contribution >= 4 is 29.2 Å². The Morgan fingerprint density at radius 2 is 2.19 bits per heavy atom. The maximum atomic E-state index is 10.8.